The smallest absolute Gasteiger partial charge is 0.223 e. The molecule has 15 heavy (non-hydrogen) atoms. The van der Waals surface area contributed by atoms with Crippen molar-refractivity contribution in [3.8, 4) is 0 Å². The Bertz CT molecular complexity index is 213. The number of nitrogens with one attached hydrogen (secondary N) is 2. The van der Waals surface area contributed by atoms with Gasteiger partial charge in [0, 0.05) is 30.8 Å². The highest BCUT2D eigenvalue weighted by Gasteiger charge is 2.28. The molecule has 4 heteroatoms. The van der Waals surface area contributed by atoms with Crippen LogP contribution in [0.5, 0.6) is 0 Å². The van der Waals surface area contributed by atoms with Crippen molar-refractivity contribution in [1.29, 1.82) is 0 Å². The molecule has 1 aliphatic heterocycles. The summed E-state index contributed by atoms with van der Waals surface area (Å²) in [5.74, 6) is 3.15. The van der Waals surface area contributed by atoms with E-state index in [4.69, 9.17) is 0 Å². The van der Waals surface area contributed by atoms with Gasteiger partial charge >= 0.3 is 0 Å². The van der Waals surface area contributed by atoms with Gasteiger partial charge in [0.1, 0.15) is 0 Å². The second-order valence-corrected chi connectivity index (χ2v) is 5.58. The number of amides is 1. The monoisotopic (exact) mass is 228 g/mol. The average Bonchev–Trinajstić information content (AvgIpc) is 3.09. The molecular weight excluding hydrogens is 208 g/mol. The summed E-state index contributed by atoms with van der Waals surface area (Å²) >= 11 is 2.03. The van der Waals surface area contributed by atoms with E-state index in [1.54, 1.807) is 0 Å². The Balaban J connectivity index is 1.48. The van der Waals surface area contributed by atoms with Gasteiger partial charge in [-0.2, -0.15) is 11.8 Å². The van der Waals surface area contributed by atoms with E-state index in [1.807, 2.05) is 11.8 Å². The van der Waals surface area contributed by atoms with E-state index in [9.17, 15) is 4.79 Å². The zero-order chi connectivity index (χ0) is 10.5. The molecule has 0 aromatic heterocycles. The molecule has 1 atom stereocenters. The van der Waals surface area contributed by atoms with Gasteiger partial charge in [-0.1, -0.05) is 0 Å². The van der Waals surface area contributed by atoms with Gasteiger partial charge in [0.2, 0.25) is 5.91 Å². The fraction of sp³-hybridized carbons (Fsp3) is 0.909. The molecule has 3 nitrogen and oxygen atoms in total. The topological polar surface area (TPSA) is 41.1 Å². The first kappa shape index (κ1) is 11.3. The van der Waals surface area contributed by atoms with Crippen LogP contribution in [0.25, 0.3) is 0 Å². The molecule has 2 rings (SSSR count). The average molecular weight is 228 g/mol. The second-order valence-electron chi connectivity index (χ2n) is 4.43. The Kier molecular flexibility index (Phi) is 4.32. The molecule has 0 aromatic carbocycles. The van der Waals surface area contributed by atoms with Crippen LogP contribution in [0.15, 0.2) is 0 Å². The summed E-state index contributed by atoms with van der Waals surface area (Å²) in [5, 5.41) is 6.48. The molecule has 2 fully saturated rings. The number of hydrogen-bond donors (Lipinski definition) is 2. The summed E-state index contributed by atoms with van der Waals surface area (Å²) in [7, 11) is 0. The van der Waals surface area contributed by atoms with Gasteiger partial charge in [0.15, 0.2) is 0 Å². The zero-order valence-electron chi connectivity index (χ0n) is 9.13. The molecule has 0 aromatic rings. The predicted molar refractivity (Wildman–Crippen MR) is 64.1 cm³/mol. The quantitative estimate of drug-likeness (QED) is 0.690. The molecule has 2 N–H and O–H groups in total. The Morgan fingerprint density at radius 2 is 2.13 bits per heavy atom. The van der Waals surface area contributed by atoms with E-state index in [1.165, 1.54) is 24.3 Å². The lowest BCUT2D eigenvalue weighted by atomic mass is 10.2. The molecule has 1 saturated carbocycles. The number of hydrogen-bond acceptors (Lipinski definition) is 3. The molecule has 0 radical (unpaired) electrons. The third-order valence-electron chi connectivity index (χ3n) is 2.97. The summed E-state index contributed by atoms with van der Waals surface area (Å²) in [5.41, 5.74) is 0. The molecule has 86 valence electrons. The minimum atomic E-state index is 0.259. The van der Waals surface area contributed by atoms with Crippen LogP contribution in [0, 0.1) is 5.92 Å². The van der Waals surface area contributed by atoms with Crippen molar-refractivity contribution in [3.05, 3.63) is 0 Å². The highest BCUT2D eigenvalue weighted by atomic mass is 32.2. The molecule has 1 amide bonds. The van der Waals surface area contributed by atoms with E-state index in [2.05, 4.69) is 10.6 Å². The predicted octanol–water partition coefficient (Wildman–Crippen LogP) is 0.998. The fourth-order valence-electron chi connectivity index (χ4n) is 1.85. The molecule has 1 unspecified atom stereocenters. The largest absolute Gasteiger partial charge is 0.355 e. The van der Waals surface area contributed by atoms with Crippen molar-refractivity contribution in [2.24, 2.45) is 5.92 Å². The first-order valence-electron chi connectivity index (χ1n) is 5.95. The fourth-order valence-corrected chi connectivity index (χ4v) is 2.96. The second kappa shape index (κ2) is 5.75. The number of rotatable bonds is 5. The number of carbonyl (C=O) groups excluding carboxylic acids is 1. The van der Waals surface area contributed by atoms with Crippen molar-refractivity contribution in [2.45, 2.75) is 31.7 Å². The lowest BCUT2D eigenvalue weighted by Gasteiger charge is -2.22. The number of carbonyl (C=O) groups is 1. The molecule has 1 heterocycles. The summed E-state index contributed by atoms with van der Waals surface area (Å²) in [6.45, 7) is 1.71. The summed E-state index contributed by atoms with van der Waals surface area (Å²) in [6.07, 6.45) is 4.82. The van der Waals surface area contributed by atoms with Crippen LogP contribution in [-0.4, -0.2) is 36.5 Å². The maximum absolute atomic E-state index is 11.3. The van der Waals surface area contributed by atoms with Gasteiger partial charge in [-0.3, -0.25) is 4.79 Å². The summed E-state index contributed by atoms with van der Waals surface area (Å²) < 4.78 is 0. The summed E-state index contributed by atoms with van der Waals surface area (Å²) in [6, 6.07) is 0.668. The van der Waals surface area contributed by atoms with Crippen LogP contribution in [0.1, 0.15) is 25.7 Å². The molecular formula is C11H20N2OS. The van der Waals surface area contributed by atoms with Crippen molar-refractivity contribution in [3.63, 3.8) is 0 Å². The van der Waals surface area contributed by atoms with E-state index in [0.29, 0.717) is 12.0 Å². The van der Waals surface area contributed by atoms with Gasteiger partial charge in [0.25, 0.3) is 0 Å². The van der Waals surface area contributed by atoms with E-state index < -0.39 is 0 Å². The van der Waals surface area contributed by atoms with E-state index in [-0.39, 0.29) is 5.91 Å². The van der Waals surface area contributed by atoms with Crippen LogP contribution in [0.2, 0.25) is 0 Å². The Hall–Kier alpha value is -0.220. The van der Waals surface area contributed by atoms with Crippen LogP contribution >= 0.6 is 11.8 Å². The van der Waals surface area contributed by atoms with Gasteiger partial charge in [0.05, 0.1) is 0 Å². The van der Waals surface area contributed by atoms with Crippen molar-refractivity contribution in [1.82, 2.24) is 10.6 Å². The molecule has 2 aliphatic rings. The van der Waals surface area contributed by atoms with Crippen LogP contribution in [-0.2, 0) is 4.79 Å². The third-order valence-corrected chi connectivity index (χ3v) is 4.18. The normalized spacial score (nSPS) is 26.3. The van der Waals surface area contributed by atoms with Crippen LogP contribution in [0.3, 0.4) is 0 Å². The standard InChI is InChI=1S/C11H20N2OS/c14-11(9-3-4-9)13-6-5-12-10-2-1-7-15-8-10/h9-10,12H,1-8H2,(H,13,14). The highest BCUT2D eigenvalue weighted by Crippen LogP contribution is 2.28. The van der Waals surface area contributed by atoms with Gasteiger partial charge in [-0.05, 0) is 31.4 Å². The molecule has 1 aliphatic carbocycles. The first-order chi connectivity index (χ1) is 7.36. The zero-order valence-corrected chi connectivity index (χ0v) is 9.94. The lowest BCUT2D eigenvalue weighted by molar-refractivity contribution is -0.122. The van der Waals surface area contributed by atoms with E-state index >= 15 is 0 Å². The Morgan fingerprint density at radius 1 is 1.27 bits per heavy atom. The van der Waals surface area contributed by atoms with Gasteiger partial charge in [-0.15, -0.1) is 0 Å². The van der Waals surface area contributed by atoms with Crippen molar-refractivity contribution < 1.29 is 4.79 Å². The summed E-state index contributed by atoms with van der Waals surface area (Å²) in [4.78, 5) is 11.3. The molecule has 0 spiro atoms. The SMILES string of the molecule is O=C(NCCNC1CCCSC1)C1CC1. The maximum atomic E-state index is 11.3. The Labute approximate surface area is 95.8 Å². The minimum absolute atomic E-state index is 0.259. The molecule has 0 bridgehead atoms. The van der Waals surface area contributed by atoms with Crippen LogP contribution in [0.4, 0.5) is 0 Å². The number of thioether (sulfide) groups is 1. The molecule has 1 saturated heterocycles. The minimum Gasteiger partial charge on any atom is -0.355 e. The van der Waals surface area contributed by atoms with Crippen LogP contribution < -0.4 is 10.6 Å². The Morgan fingerprint density at radius 3 is 2.80 bits per heavy atom. The van der Waals surface area contributed by atoms with Gasteiger partial charge in [-0.25, -0.2) is 0 Å². The van der Waals surface area contributed by atoms with Gasteiger partial charge < -0.3 is 10.6 Å². The first-order valence-corrected chi connectivity index (χ1v) is 7.10. The lowest BCUT2D eigenvalue weighted by Crippen LogP contribution is -2.39. The van der Waals surface area contributed by atoms with Crippen molar-refractivity contribution >= 4 is 17.7 Å². The highest BCUT2D eigenvalue weighted by molar-refractivity contribution is 7.99. The third kappa shape index (κ3) is 4.03. The van der Waals surface area contributed by atoms with E-state index in [0.717, 1.165) is 25.9 Å². The maximum Gasteiger partial charge on any atom is 0.223 e. The van der Waals surface area contributed by atoms with Crippen molar-refractivity contribution in [2.75, 3.05) is 24.6 Å².